The molecule has 0 radical (unpaired) electrons. The van der Waals surface area contributed by atoms with Crippen LogP contribution in [-0.4, -0.2) is 4.98 Å². The Hall–Kier alpha value is -1.42. The van der Waals surface area contributed by atoms with Crippen LogP contribution in [0, 0.1) is 6.92 Å². The van der Waals surface area contributed by atoms with Gasteiger partial charge in [0.15, 0.2) is 0 Å². The number of rotatable bonds is 3. The summed E-state index contributed by atoms with van der Waals surface area (Å²) in [6.07, 6.45) is 3.42. The molecule has 0 atom stereocenters. The summed E-state index contributed by atoms with van der Waals surface area (Å²) in [4.78, 5) is 4.21. The molecule has 4 heteroatoms. The van der Waals surface area contributed by atoms with Crippen LogP contribution in [-0.2, 0) is 5.75 Å². The Morgan fingerprint density at radius 1 is 1.47 bits per heavy atom. The standard InChI is InChI=1S/C11H12N2OS/c1-8-3-5-14-10(8)7-15-11-6-9(12)2-4-13-11/h2-6H,7H2,1H3,(H2,12,13). The van der Waals surface area contributed by atoms with Crippen molar-refractivity contribution in [2.45, 2.75) is 17.7 Å². The number of pyridine rings is 1. The van der Waals surface area contributed by atoms with Gasteiger partial charge in [-0.25, -0.2) is 4.98 Å². The lowest BCUT2D eigenvalue weighted by Crippen LogP contribution is -1.87. The fraction of sp³-hybridized carbons (Fsp3) is 0.182. The second-order valence-electron chi connectivity index (χ2n) is 3.24. The number of anilines is 1. The molecule has 0 amide bonds. The van der Waals surface area contributed by atoms with Crippen LogP contribution in [0.4, 0.5) is 5.69 Å². The Morgan fingerprint density at radius 3 is 3.00 bits per heavy atom. The van der Waals surface area contributed by atoms with E-state index in [9.17, 15) is 0 Å². The highest BCUT2D eigenvalue weighted by Gasteiger charge is 2.03. The van der Waals surface area contributed by atoms with Gasteiger partial charge in [0.1, 0.15) is 5.76 Å². The molecule has 78 valence electrons. The van der Waals surface area contributed by atoms with Crippen molar-refractivity contribution in [3.8, 4) is 0 Å². The quantitative estimate of drug-likeness (QED) is 0.808. The first-order valence-corrected chi connectivity index (χ1v) is 5.61. The van der Waals surface area contributed by atoms with E-state index in [1.807, 2.05) is 19.1 Å². The van der Waals surface area contributed by atoms with Gasteiger partial charge in [0, 0.05) is 11.9 Å². The first kappa shape index (κ1) is 10.1. The average molecular weight is 220 g/mol. The van der Waals surface area contributed by atoms with Gasteiger partial charge in [-0.2, -0.15) is 0 Å². The van der Waals surface area contributed by atoms with E-state index in [2.05, 4.69) is 4.98 Å². The Balaban J connectivity index is 2.02. The van der Waals surface area contributed by atoms with Gasteiger partial charge in [0.05, 0.1) is 17.0 Å². The Bertz CT molecular complexity index is 453. The number of nitrogens with two attached hydrogens (primary N) is 1. The van der Waals surface area contributed by atoms with Crippen LogP contribution in [0.5, 0.6) is 0 Å². The minimum atomic E-state index is 0.740. The second kappa shape index (κ2) is 4.40. The number of nitrogens with zero attached hydrogens (tertiary/aromatic N) is 1. The third kappa shape index (κ3) is 2.53. The van der Waals surface area contributed by atoms with Crippen LogP contribution < -0.4 is 5.73 Å². The SMILES string of the molecule is Cc1ccoc1CSc1cc(N)ccn1. The molecule has 0 aliphatic rings. The van der Waals surface area contributed by atoms with Gasteiger partial charge in [-0.1, -0.05) is 11.8 Å². The number of hydrogen-bond donors (Lipinski definition) is 1. The summed E-state index contributed by atoms with van der Waals surface area (Å²) in [5, 5.41) is 0.922. The molecule has 0 bridgehead atoms. The molecule has 2 heterocycles. The Labute approximate surface area is 92.7 Å². The zero-order valence-electron chi connectivity index (χ0n) is 8.43. The zero-order valence-corrected chi connectivity index (χ0v) is 9.25. The van der Waals surface area contributed by atoms with E-state index in [1.54, 1.807) is 30.3 Å². The van der Waals surface area contributed by atoms with Crippen LogP contribution in [0.15, 0.2) is 40.1 Å². The molecule has 3 nitrogen and oxygen atoms in total. The third-order valence-corrected chi connectivity index (χ3v) is 3.00. The fourth-order valence-electron chi connectivity index (χ4n) is 1.20. The summed E-state index contributed by atoms with van der Waals surface area (Å²) in [7, 11) is 0. The van der Waals surface area contributed by atoms with Crippen LogP contribution in [0.25, 0.3) is 0 Å². The van der Waals surface area contributed by atoms with E-state index in [0.29, 0.717) is 0 Å². The van der Waals surface area contributed by atoms with Gasteiger partial charge in [-0.3, -0.25) is 0 Å². The fourth-order valence-corrected chi connectivity index (χ4v) is 2.12. The Morgan fingerprint density at radius 2 is 2.33 bits per heavy atom. The lowest BCUT2D eigenvalue weighted by atomic mass is 10.3. The van der Waals surface area contributed by atoms with Gasteiger partial charge in [0.25, 0.3) is 0 Å². The Kier molecular flexibility index (Phi) is 2.97. The van der Waals surface area contributed by atoms with Crippen molar-refractivity contribution in [3.05, 3.63) is 42.0 Å². The molecular formula is C11H12N2OS. The predicted octanol–water partition coefficient (Wildman–Crippen LogP) is 2.86. The monoisotopic (exact) mass is 220 g/mol. The van der Waals surface area contributed by atoms with Crippen LogP contribution >= 0.6 is 11.8 Å². The van der Waals surface area contributed by atoms with E-state index in [1.165, 1.54) is 5.56 Å². The predicted molar refractivity (Wildman–Crippen MR) is 61.7 cm³/mol. The van der Waals surface area contributed by atoms with Crippen LogP contribution in [0.3, 0.4) is 0 Å². The number of furan rings is 1. The zero-order chi connectivity index (χ0) is 10.7. The van der Waals surface area contributed by atoms with Gasteiger partial charge >= 0.3 is 0 Å². The number of nitrogen functional groups attached to an aromatic ring is 1. The smallest absolute Gasteiger partial charge is 0.116 e. The van der Waals surface area contributed by atoms with E-state index >= 15 is 0 Å². The largest absolute Gasteiger partial charge is 0.468 e. The highest BCUT2D eigenvalue weighted by molar-refractivity contribution is 7.98. The lowest BCUT2D eigenvalue weighted by molar-refractivity contribution is 0.528. The molecule has 0 saturated heterocycles. The summed E-state index contributed by atoms with van der Waals surface area (Å²) < 4.78 is 5.34. The minimum Gasteiger partial charge on any atom is -0.468 e. The summed E-state index contributed by atoms with van der Waals surface area (Å²) >= 11 is 1.62. The highest BCUT2D eigenvalue weighted by Crippen LogP contribution is 2.23. The van der Waals surface area contributed by atoms with Crippen molar-refractivity contribution in [1.29, 1.82) is 0 Å². The lowest BCUT2D eigenvalue weighted by Gasteiger charge is -2.00. The van der Waals surface area contributed by atoms with E-state index in [4.69, 9.17) is 10.2 Å². The first-order chi connectivity index (χ1) is 7.25. The molecular weight excluding hydrogens is 208 g/mol. The van der Waals surface area contributed by atoms with Crippen molar-refractivity contribution in [1.82, 2.24) is 4.98 Å². The number of hydrogen-bond acceptors (Lipinski definition) is 4. The molecule has 0 aliphatic carbocycles. The second-order valence-corrected chi connectivity index (χ2v) is 4.24. The number of aromatic nitrogens is 1. The third-order valence-electron chi connectivity index (χ3n) is 2.08. The van der Waals surface area contributed by atoms with E-state index in [0.717, 1.165) is 22.2 Å². The van der Waals surface area contributed by atoms with Crippen molar-refractivity contribution in [3.63, 3.8) is 0 Å². The van der Waals surface area contributed by atoms with Crippen molar-refractivity contribution in [2.75, 3.05) is 5.73 Å². The van der Waals surface area contributed by atoms with Gasteiger partial charge in [-0.15, -0.1) is 0 Å². The van der Waals surface area contributed by atoms with Crippen LogP contribution in [0.2, 0.25) is 0 Å². The van der Waals surface area contributed by atoms with Crippen molar-refractivity contribution in [2.24, 2.45) is 0 Å². The van der Waals surface area contributed by atoms with Gasteiger partial charge in [-0.05, 0) is 30.7 Å². The maximum Gasteiger partial charge on any atom is 0.116 e. The molecule has 0 aliphatic heterocycles. The number of aryl methyl sites for hydroxylation is 1. The van der Waals surface area contributed by atoms with E-state index in [-0.39, 0.29) is 0 Å². The molecule has 0 unspecified atom stereocenters. The highest BCUT2D eigenvalue weighted by atomic mass is 32.2. The summed E-state index contributed by atoms with van der Waals surface area (Å²) in [5.41, 5.74) is 7.57. The topological polar surface area (TPSA) is 52.0 Å². The summed E-state index contributed by atoms with van der Waals surface area (Å²) in [6, 6.07) is 5.60. The molecule has 2 aromatic heterocycles. The molecule has 0 aromatic carbocycles. The van der Waals surface area contributed by atoms with Gasteiger partial charge in [0.2, 0.25) is 0 Å². The summed E-state index contributed by atoms with van der Waals surface area (Å²) in [5.74, 6) is 1.78. The van der Waals surface area contributed by atoms with E-state index < -0.39 is 0 Å². The maximum atomic E-state index is 5.66. The molecule has 2 aromatic rings. The van der Waals surface area contributed by atoms with Crippen molar-refractivity contribution >= 4 is 17.4 Å². The van der Waals surface area contributed by atoms with Gasteiger partial charge < -0.3 is 10.2 Å². The molecule has 15 heavy (non-hydrogen) atoms. The van der Waals surface area contributed by atoms with Crippen molar-refractivity contribution < 1.29 is 4.42 Å². The molecule has 0 spiro atoms. The molecule has 0 fully saturated rings. The minimum absolute atomic E-state index is 0.740. The first-order valence-electron chi connectivity index (χ1n) is 4.63. The molecule has 2 N–H and O–H groups in total. The number of thioether (sulfide) groups is 1. The molecule has 2 rings (SSSR count). The molecule has 0 saturated carbocycles. The average Bonchev–Trinajstić information content (AvgIpc) is 2.61. The van der Waals surface area contributed by atoms with Crippen LogP contribution in [0.1, 0.15) is 11.3 Å². The summed E-state index contributed by atoms with van der Waals surface area (Å²) in [6.45, 7) is 2.03. The maximum absolute atomic E-state index is 5.66. The normalized spacial score (nSPS) is 10.5.